The topological polar surface area (TPSA) is 105 Å². The lowest BCUT2D eigenvalue weighted by atomic mass is 9.71. The summed E-state index contributed by atoms with van der Waals surface area (Å²) in [5, 5.41) is 3.06. The summed E-state index contributed by atoms with van der Waals surface area (Å²) >= 11 is 1.75. The average molecular weight is 547 g/mol. The van der Waals surface area contributed by atoms with Gasteiger partial charge in [0.25, 0.3) is 5.91 Å². The molecule has 0 bridgehead atoms. The predicted octanol–water partition coefficient (Wildman–Crippen LogP) is 2.41. The number of nitrogens with zero attached hydrogens (tertiary/aromatic N) is 1. The molecule has 10 nitrogen and oxygen atoms in total. The molecule has 5 saturated heterocycles. The van der Waals surface area contributed by atoms with Crippen molar-refractivity contribution in [2.24, 2.45) is 11.8 Å². The number of carbonyl (C=O) groups is 2. The molecule has 1 N–H and O–H groups in total. The average Bonchev–Trinajstić information content (AvgIpc) is 3.61. The molecule has 0 aliphatic carbocycles. The van der Waals surface area contributed by atoms with Crippen LogP contribution in [-0.4, -0.2) is 83.3 Å². The van der Waals surface area contributed by atoms with Crippen LogP contribution in [0.25, 0.3) is 0 Å². The van der Waals surface area contributed by atoms with Crippen molar-refractivity contribution >= 4 is 29.3 Å². The minimum atomic E-state index is -1.21. The van der Waals surface area contributed by atoms with Crippen molar-refractivity contribution in [1.29, 1.82) is 0 Å². The third-order valence-electron chi connectivity index (χ3n) is 8.69. The number of thioether (sulfide) groups is 1. The van der Waals surface area contributed by atoms with E-state index in [-0.39, 0.29) is 18.6 Å². The maximum absolute atomic E-state index is 14.0. The van der Waals surface area contributed by atoms with Gasteiger partial charge in [0.1, 0.15) is 23.9 Å². The van der Waals surface area contributed by atoms with Crippen LogP contribution < -0.4 is 5.32 Å². The smallest absolute Gasteiger partial charge is 0.312 e. The van der Waals surface area contributed by atoms with E-state index in [1.54, 1.807) is 18.7 Å². The van der Waals surface area contributed by atoms with Crippen molar-refractivity contribution in [3.8, 4) is 0 Å². The largest absolute Gasteiger partial charge is 0.466 e. The van der Waals surface area contributed by atoms with Gasteiger partial charge in [0.2, 0.25) is 0 Å². The number of fused-ring (bicyclic) bond motifs is 7. The Bertz CT molecular complexity index is 1180. The van der Waals surface area contributed by atoms with E-state index >= 15 is 0 Å². The molecule has 6 aliphatic rings. The number of para-hydroxylation sites is 1. The highest BCUT2D eigenvalue weighted by atomic mass is 32.2. The van der Waals surface area contributed by atoms with E-state index in [0.717, 1.165) is 17.0 Å². The summed E-state index contributed by atoms with van der Waals surface area (Å²) in [6.45, 7) is 9.43. The fraction of sp³-hybridized carbons (Fsp3) is 0.704. The number of hydrogen-bond acceptors (Lipinski definition) is 10. The van der Waals surface area contributed by atoms with E-state index in [1.807, 2.05) is 52.0 Å². The lowest BCUT2D eigenvalue weighted by Gasteiger charge is -2.42. The molecule has 4 unspecified atom stereocenters. The fourth-order valence-corrected chi connectivity index (χ4v) is 8.94. The summed E-state index contributed by atoms with van der Waals surface area (Å²) < 4.78 is 37.6. The van der Waals surface area contributed by atoms with Gasteiger partial charge < -0.3 is 33.7 Å². The van der Waals surface area contributed by atoms with Gasteiger partial charge in [-0.25, -0.2) is 0 Å². The van der Waals surface area contributed by atoms with Crippen LogP contribution >= 0.6 is 11.8 Å². The van der Waals surface area contributed by atoms with Gasteiger partial charge in [-0.2, -0.15) is 0 Å². The molecule has 1 spiro atoms. The first-order chi connectivity index (χ1) is 18.1. The van der Waals surface area contributed by atoms with Gasteiger partial charge in [-0.1, -0.05) is 18.2 Å². The second-order valence-corrected chi connectivity index (χ2v) is 12.7. The summed E-state index contributed by atoms with van der Waals surface area (Å²) in [6.07, 6.45) is -2.74. The van der Waals surface area contributed by atoms with Crippen molar-refractivity contribution in [3.63, 3.8) is 0 Å². The third-order valence-corrected chi connectivity index (χ3v) is 9.73. The highest BCUT2D eigenvalue weighted by Crippen LogP contribution is 2.61. The van der Waals surface area contributed by atoms with Gasteiger partial charge >= 0.3 is 5.97 Å². The molecule has 5 fully saturated rings. The zero-order valence-corrected chi connectivity index (χ0v) is 23.0. The Balaban J connectivity index is 1.38. The summed E-state index contributed by atoms with van der Waals surface area (Å²) in [7, 11) is 0. The second-order valence-electron chi connectivity index (χ2n) is 11.7. The SMILES string of the molecule is CCOC(=O)[C@@H]1[C@@H](C2O[C@@H]3OC(C)(C)OC3C3OC(C)(C)O[C@H]32)C2CSCN2[C@@]12C(=O)Nc1ccccc12. The van der Waals surface area contributed by atoms with Gasteiger partial charge in [-0.15, -0.1) is 11.8 Å². The number of rotatable bonds is 3. The number of hydrogen-bond donors (Lipinski definition) is 1. The molecule has 38 heavy (non-hydrogen) atoms. The molecular weight excluding hydrogens is 512 g/mol. The molecule has 6 heterocycles. The molecule has 6 aliphatic heterocycles. The van der Waals surface area contributed by atoms with E-state index in [1.165, 1.54) is 0 Å². The molecule has 0 saturated carbocycles. The Morgan fingerprint density at radius 2 is 1.74 bits per heavy atom. The van der Waals surface area contributed by atoms with Crippen LogP contribution in [-0.2, 0) is 43.5 Å². The van der Waals surface area contributed by atoms with Crippen LogP contribution in [0.5, 0.6) is 0 Å². The first-order valence-electron chi connectivity index (χ1n) is 13.4. The quantitative estimate of drug-likeness (QED) is 0.569. The van der Waals surface area contributed by atoms with Crippen LogP contribution in [0.2, 0.25) is 0 Å². The molecule has 206 valence electrons. The Kier molecular flexibility index (Phi) is 5.57. The predicted molar refractivity (Wildman–Crippen MR) is 136 cm³/mol. The number of ether oxygens (including phenoxy) is 6. The first kappa shape index (κ1) is 25.3. The maximum Gasteiger partial charge on any atom is 0.312 e. The number of esters is 1. The lowest BCUT2D eigenvalue weighted by molar-refractivity contribution is -0.249. The number of carbonyl (C=O) groups excluding carboxylic acids is 2. The van der Waals surface area contributed by atoms with E-state index in [4.69, 9.17) is 28.4 Å². The minimum absolute atomic E-state index is 0.129. The fourth-order valence-electron chi connectivity index (χ4n) is 7.60. The lowest BCUT2D eigenvalue weighted by Crippen LogP contribution is -2.60. The summed E-state index contributed by atoms with van der Waals surface area (Å²) in [5.41, 5.74) is 0.314. The van der Waals surface area contributed by atoms with Gasteiger partial charge in [-0.05, 0) is 40.7 Å². The zero-order chi connectivity index (χ0) is 26.6. The number of anilines is 1. The van der Waals surface area contributed by atoms with Crippen LogP contribution in [0.15, 0.2) is 24.3 Å². The van der Waals surface area contributed by atoms with Crippen molar-refractivity contribution < 1.29 is 38.0 Å². The zero-order valence-electron chi connectivity index (χ0n) is 22.2. The molecule has 7 rings (SSSR count). The van der Waals surface area contributed by atoms with E-state index in [0.29, 0.717) is 5.88 Å². The van der Waals surface area contributed by atoms with E-state index < -0.39 is 65.6 Å². The summed E-state index contributed by atoms with van der Waals surface area (Å²) in [6, 6.07) is 7.50. The van der Waals surface area contributed by atoms with Gasteiger partial charge in [0.15, 0.2) is 17.9 Å². The Morgan fingerprint density at radius 1 is 1.05 bits per heavy atom. The summed E-state index contributed by atoms with van der Waals surface area (Å²) in [5.74, 6) is -2.23. The van der Waals surface area contributed by atoms with Crippen LogP contribution in [0.1, 0.15) is 40.2 Å². The van der Waals surface area contributed by atoms with Crippen molar-refractivity contribution in [2.75, 3.05) is 23.6 Å². The molecule has 11 heteroatoms. The molecule has 1 aromatic rings. The molecule has 0 radical (unpaired) electrons. The first-order valence-corrected chi connectivity index (χ1v) is 14.5. The summed E-state index contributed by atoms with van der Waals surface area (Å²) in [4.78, 5) is 30.2. The standard InChI is InChI=1S/C27H34N2O8S/c1-6-32-22(30)17-16(15-11-38-12-29(15)27(17)13-9-7-8-10-14(13)28-24(27)31)18-19-20(35-25(2,3)34-19)21-23(33-18)37-26(4,5)36-21/h7-10,15-21,23H,6,11-12H2,1-5H3,(H,28,31)/t15?,16-,17-,18?,19-,20?,21?,23+,27+/m0/s1. The Hall–Kier alpha value is -1.73. The molecule has 1 amide bonds. The highest BCUT2D eigenvalue weighted by Gasteiger charge is 2.74. The van der Waals surface area contributed by atoms with Gasteiger partial charge in [0, 0.05) is 34.8 Å². The normalized spacial score (nSPS) is 44.0. The van der Waals surface area contributed by atoms with Crippen molar-refractivity contribution in [2.45, 2.75) is 88.5 Å². The van der Waals surface area contributed by atoms with E-state index in [2.05, 4.69) is 10.2 Å². The van der Waals surface area contributed by atoms with Gasteiger partial charge in [0.05, 0.1) is 18.6 Å². The monoisotopic (exact) mass is 546 g/mol. The number of amides is 1. The maximum atomic E-state index is 14.0. The van der Waals surface area contributed by atoms with Gasteiger partial charge in [-0.3, -0.25) is 14.5 Å². The van der Waals surface area contributed by atoms with Crippen LogP contribution in [0.4, 0.5) is 5.69 Å². The van der Waals surface area contributed by atoms with Crippen molar-refractivity contribution in [3.05, 3.63) is 29.8 Å². The van der Waals surface area contributed by atoms with Crippen LogP contribution in [0.3, 0.4) is 0 Å². The molecular formula is C27H34N2O8S. The van der Waals surface area contributed by atoms with Crippen LogP contribution in [0, 0.1) is 11.8 Å². The van der Waals surface area contributed by atoms with Crippen molar-refractivity contribution in [1.82, 2.24) is 4.90 Å². The highest BCUT2D eigenvalue weighted by molar-refractivity contribution is 7.99. The Morgan fingerprint density at radius 3 is 2.50 bits per heavy atom. The van der Waals surface area contributed by atoms with E-state index in [9.17, 15) is 9.59 Å². The molecule has 9 atom stereocenters. The number of nitrogens with one attached hydrogen (secondary N) is 1. The molecule has 0 aromatic heterocycles. The minimum Gasteiger partial charge on any atom is -0.466 e. The third kappa shape index (κ3) is 3.36. The molecule has 1 aromatic carbocycles. The number of benzene rings is 1. The Labute approximate surface area is 225 Å². The second kappa shape index (κ2) is 8.39.